The zero-order chi connectivity index (χ0) is 17.9. The molecule has 2 rings (SSSR count). The summed E-state index contributed by atoms with van der Waals surface area (Å²) in [6.07, 6.45) is 7.62. The highest BCUT2D eigenvalue weighted by Gasteiger charge is 2.33. The van der Waals surface area contributed by atoms with E-state index >= 15 is 0 Å². The van der Waals surface area contributed by atoms with E-state index in [1.807, 2.05) is 6.08 Å². The smallest absolute Gasteiger partial charge is 0.422 e. The van der Waals surface area contributed by atoms with E-state index in [0.717, 1.165) is 4.90 Å². The third kappa shape index (κ3) is 4.27. The molecule has 0 saturated heterocycles. The van der Waals surface area contributed by atoms with Crippen LogP contribution in [0.1, 0.15) is 37.6 Å². The van der Waals surface area contributed by atoms with Crippen molar-refractivity contribution < 1.29 is 14.3 Å². The normalized spacial score (nSPS) is 14.2. The molecule has 0 aliphatic heterocycles. The number of hydrogen-bond acceptors (Lipinski definition) is 5. The molecule has 1 aliphatic carbocycles. The van der Waals surface area contributed by atoms with Crippen molar-refractivity contribution >= 4 is 40.7 Å². The van der Waals surface area contributed by atoms with E-state index in [2.05, 4.69) is 4.98 Å². The molecule has 0 atom stereocenters. The van der Waals surface area contributed by atoms with Crippen LogP contribution >= 0.6 is 23.8 Å². The van der Waals surface area contributed by atoms with Crippen LogP contribution in [0.3, 0.4) is 0 Å². The van der Waals surface area contributed by atoms with Crippen LogP contribution in [0.25, 0.3) is 0 Å². The second-order valence-electron chi connectivity index (χ2n) is 6.08. The van der Waals surface area contributed by atoms with Crippen molar-refractivity contribution in [3.8, 4) is 0 Å². The predicted molar refractivity (Wildman–Crippen MR) is 96.1 cm³/mol. The molecule has 1 aromatic rings. The average molecular weight is 365 g/mol. The van der Waals surface area contributed by atoms with E-state index in [1.54, 1.807) is 32.9 Å². The first-order chi connectivity index (χ1) is 11.2. The molecular weight excluding hydrogens is 348 g/mol. The van der Waals surface area contributed by atoms with Gasteiger partial charge in [0.2, 0.25) is 0 Å². The second kappa shape index (κ2) is 7.23. The fraction of sp³-hybridized carbons (Fsp3) is 0.294. The van der Waals surface area contributed by atoms with E-state index in [1.165, 1.54) is 18.5 Å². The topological polar surface area (TPSA) is 59.5 Å². The summed E-state index contributed by atoms with van der Waals surface area (Å²) in [6.45, 7) is 5.16. The van der Waals surface area contributed by atoms with Crippen LogP contribution in [-0.2, 0) is 4.74 Å². The number of aromatic nitrogens is 1. The third-order valence-electron chi connectivity index (χ3n) is 3.00. The van der Waals surface area contributed by atoms with Crippen molar-refractivity contribution in [2.24, 2.45) is 0 Å². The van der Waals surface area contributed by atoms with Gasteiger partial charge in [-0.3, -0.25) is 9.78 Å². The lowest BCUT2D eigenvalue weighted by Crippen LogP contribution is -2.42. The Morgan fingerprint density at radius 1 is 1.38 bits per heavy atom. The fourth-order valence-corrected chi connectivity index (χ4v) is 2.43. The first-order valence-corrected chi connectivity index (χ1v) is 8.06. The molecule has 1 aromatic heterocycles. The van der Waals surface area contributed by atoms with E-state index < -0.39 is 17.6 Å². The van der Waals surface area contributed by atoms with Gasteiger partial charge in [-0.1, -0.05) is 36.0 Å². The van der Waals surface area contributed by atoms with Crippen molar-refractivity contribution in [2.45, 2.75) is 32.8 Å². The van der Waals surface area contributed by atoms with Crippen LogP contribution < -0.4 is 0 Å². The van der Waals surface area contributed by atoms with E-state index in [4.69, 9.17) is 28.6 Å². The number of allylic oxidation sites excluding steroid dienone is 4. The number of pyridine rings is 1. The van der Waals surface area contributed by atoms with Gasteiger partial charge >= 0.3 is 6.09 Å². The van der Waals surface area contributed by atoms with Crippen LogP contribution in [0.15, 0.2) is 42.4 Å². The molecule has 0 radical (unpaired) electrons. The van der Waals surface area contributed by atoms with Gasteiger partial charge in [0.1, 0.15) is 5.60 Å². The summed E-state index contributed by atoms with van der Waals surface area (Å²) in [5.41, 5.74) is -0.351. The average Bonchev–Trinajstić information content (AvgIpc) is 2.48. The number of amides is 2. The van der Waals surface area contributed by atoms with Gasteiger partial charge in [0.25, 0.3) is 5.91 Å². The Morgan fingerprint density at radius 3 is 2.67 bits per heavy atom. The Kier molecular flexibility index (Phi) is 5.51. The van der Waals surface area contributed by atoms with Crippen molar-refractivity contribution in [2.75, 3.05) is 0 Å². The quantitative estimate of drug-likeness (QED) is 0.731. The number of halogens is 1. The molecule has 7 heteroatoms. The predicted octanol–water partition coefficient (Wildman–Crippen LogP) is 4.33. The Balaban J connectivity index is 2.47. The minimum atomic E-state index is -0.809. The SMILES string of the molecule is CC(C)(C)OC(=O)N(C(=O)c1cnccc1Cl)C1=CC=CCC1=S. The monoisotopic (exact) mass is 364 g/mol. The highest BCUT2D eigenvalue weighted by Crippen LogP contribution is 2.24. The minimum absolute atomic E-state index is 0.100. The van der Waals surface area contributed by atoms with Crippen molar-refractivity contribution in [1.29, 1.82) is 0 Å². The molecule has 0 unspecified atom stereocenters. The number of hydrogen-bond donors (Lipinski definition) is 0. The number of carbonyl (C=O) groups excluding carboxylic acids is 2. The van der Waals surface area contributed by atoms with Gasteiger partial charge in [0, 0.05) is 23.7 Å². The Hall–Kier alpha value is -2.05. The number of ether oxygens (including phenoxy) is 1. The van der Waals surface area contributed by atoms with Gasteiger partial charge in [0.05, 0.1) is 16.3 Å². The van der Waals surface area contributed by atoms with E-state index in [9.17, 15) is 9.59 Å². The van der Waals surface area contributed by atoms with Gasteiger partial charge < -0.3 is 4.74 Å². The summed E-state index contributed by atoms with van der Waals surface area (Å²) in [6, 6.07) is 1.48. The lowest BCUT2D eigenvalue weighted by atomic mass is 10.1. The lowest BCUT2D eigenvalue weighted by molar-refractivity contribution is 0.0308. The van der Waals surface area contributed by atoms with Gasteiger partial charge in [-0.25, -0.2) is 9.69 Å². The molecule has 5 nitrogen and oxygen atoms in total. The maximum atomic E-state index is 12.9. The van der Waals surface area contributed by atoms with Crippen LogP contribution in [0.4, 0.5) is 4.79 Å². The fourth-order valence-electron chi connectivity index (χ4n) is 1.98. The molecule has 0 N–H and O–H groups in total. The van der Waals surface area contributed by atoms with Gasteiger partial charge in [0.15, 0.2) is 0 Å². The zero-order valence-corrected chi connectivity index (χ0v) is 15.1. The molecule has 0 aromatic carbocycles. The number of rotatable bonds is 2. The van der Waals surface area contributed by atoms with Crippen molar-refractivity contribution in [3.05, 3.63) is 53.0 Å². The summed E-state index contributed by atoms with van der Waals surface area (Å²) in [5.74, 6) is -0.633. The van der Waals surface area contributed by atoms with E-state index in [-0.39, 0.29) is 10.6 Å². The number of nitrogens with zero attached hydrogens (tertiary/aromatic N) is 2. The number of thiocarbonyl (C=S) groups is 1. The third-order valence-corrected chi connectivity index (χ3v) is 3.70. The van der Waals surface area contributed by atoms with Gasteiger partial charge in [-0.05, 0) is 32.9 Å². The molecule has 0 fully saturated rings. The molecule has 2 amide bonds. The zero-order valence-electron chi connectivity index (χ0n) is 13.6. The lowest BCUT2D eigenvalue weighted by Gasteiger charge is -2.28. The molecule has 0 saturated carbocycles. The molecular formula is C17H17ClN2O3S. The summed E-state index contributed by atoms with van der Waals surface area (Å²) in [5, 5.41) is 0.196. The molecule has 24 heavy (non-hydrogen) atoms. The molecule has 126 valence electrons. The second-order valence-corrected chi connectivity index (χ2v) is 6.98. The Morgan fingerprint density at radius 2 is 2.08 bits per heavy atom. The van der Waals surface area contributed by atoms with Gasteiger partial charge in [-0.2, -0.15) is 0 Å². The highest BCUT2D eigenvalue weighted by atomic mass is 35.5. The summed E-state index contributed by atoms with van der Waals surface area (Å²) < 4.78 is 5.36. The molecule has 1 heterocycles. The standard InChI is InChI=1S/C17H17ClN2O3S/c1-17(2,3)23-16(22)20(13-6-4-5-7-14(13)24)15(21)11-10-19-9-8-12(11)18/h4-6,8-10H,7H2,1-3H3. The van der Waals surface area contributed by atoms with Crippen LogP contribution in [-0.4, -0.2) is 32.3 Å². The maximum absolute atomic E-state index is 12.9. The molecule has 0 bridgehead atoms. The first kappa shape index (κ1) is 18.3. The largest absolute Gasteiger partial charge is 0.443 e. The first-order valence-electron chi connectivity index (χ1n) is 7.27. The number of carbonyl (C=O) groups is 2. The van der Waals surface area contributed by atoms with Crippen LogP contribution in [0, 0.1) is 0 Å². The maximum Gasteiger partial charge on any atom is 0.422 e. The Labute approximate surface area is 151 Å². The van der Waals surface area contributed by atoms with Crippen LogP contribution in [0.5, 0.6) is 0 Å². The van der Waals surface area contributed by atoms with Crippen LogP contribution in [0.2, 0.25) is 5.02 Å². The van der Waals surface area contributed by atoms with Crippen molar-refractivity contribution in [1.82, 2.24) is 9.88 Å². The van der Waals surface area contributed by atoms with E-state index in [0.29, 0.717) is 17.0 Å². The molecule has 0 spiro atoms. The summed E-state index contributed by atoms with van der Waals surface area (Å²) in [4.78, 5) is 30.8. The number of imide groups is 1. The minimum Gasteiger partial charge on any atom is -0.443 e. The van der Waals surface area contributed by atoms with Gasteiger partial charge in [-0.15, -0.1) is 0 Å². The highest BCUT2D eigenvalue weighted by molar-refractivity contribution is 7.80. The molecule has 1 aliphatic rings. The Bertz CT molecular complexity index is 750. The summed E-state index contributed by atoms with van der Waals surface area (Å²) >= 11 is 11.4. The summed E-state index contributed by atoms with van der Waals surface area (Å²) in [7, 11) is 0. The van der Waals surface area contributed by atoms with Crippen molar-refractivity contribution in [3.63, 3.8) is 0 Å².